The molecule has 5 heterocycles. The van der Waals surface area contributed by atoms with Gasteiger partial charge in [0, 0.05) is 63.1 Å². The minimum atomic E-state index is -3.14. The monoisotopic (exact) mass is 505 g/mol. The molecule has 0 aromatic carbocycles. The van der Waals surface area contributed by atoms with E-state index in [-0.39, 0.29) is 0 Å². The van der Waals surface area contributed by atoms with Gasteiger partial charge in [-0.3, -0.25) is 4.90 Å². The Morgan fingerprint density at radius 1 is 1.06 bits per heavy atom. The highest BCUT2D eigenvalue weighted by atomic mass is 32.2. The van der Waals surface area contributed by atoms with Crippen LogP contribution in [0.1, 0.15) is 4.88 Å². The van der Waals surface area contributed by atoms with Crippen LogP contribution in [0.25, 0.3) is 21.6 Å². The lowest BCUT2D eigenvalue weighted by Gasteiger charge is -2.32. The second-order valence-corrected chi connectivity index (χ2v) is 11.4. The third-order valence-electron chi connectivity index (χ3n) is 5.96. The number of sulfonamides is 1. The number of ether oxygens (including phenoxy) is 2. The van der Waals surface area contributed by atoms with Gasteiger partial charge in [-0.1, -0.05) is 0 Å². The van der Waals surface area contributed by atoms with Crippen molar-refractivity contribution in [3.63, 3.8) is 0 Å². The normalized spacial score (nSPS) is 18.5. The van der Waals surface area contributed by atoms with Gasteiger partial charge in [-0.2, -0.15) is 4.31 Å². The average molecular weight is 506 g/mol. The molecule has 2 aliphatic heterocycles. The van der Waals surface area contributed by atoms with Gasteiger partial charge in [0.2, 0.25) is 10.0 Å². The number of piperazine rings is 1. The predicted molar refractivity (Wildman–Crippen MR) is 130 cm³/mol. The van der Waals surface area contributed by atoms with Crippen LogP contribution in [0, 0.1) is 0 Å². The summed E-state index contributed by atoms with van der Waals surface area (Å²) in [6, 6.07) is 2.41. The summed E-state index contributed by atoms with van der Waals surface area (Å²) in [6.07, 6.45) is 4.61. The van der Waals surface area contributed by atoms with Crippen molar-refractivity contribution < 1.29 is 17.9 Å². The molecule has 0 aliphatic carbocycles. The van der Waals surface area contributed by atoms with E-state index < -0.39 is 10.0 Å². The van der Waals surface area contributed by atoms with Crippen LogP contribution >= 0.6 is 11.3 Å². The molecule has 0 radical (unpaired) electrons. The van der Waals surface area contributed by atoms with Gasteiger partial charge in [-0.25, -0.2) is 28.4 Å². The first-order valence-corrected chi connectivity index (χ1v) is 13.7. The third-order valence-corrected chi connectivity index (χ3v) is 8.37. The van der Waals surface area contributed by atoms with Crippen LogP contribution in [-0.4, -0.2) is 103 Å². The maximum atomic E-state index is 11.8. The highest BCUT2D eigenvalue weighted by Gasteiger charge is 2.25. The van der Waals surface area contributed by atoms with E-state index in [0.29, 0.717) is 51.2 Å². The summed E-state index contributed by atoms with van der Waals surface area (Å²) in [7, 11) is -1.61. The van der Waals surface area contributed by atoms with E-state index in [1.165, 1.54) is 18.2 Å². The zero-order valence-corrected chi connectivity index (χ0v) is 20.8. The number of thiophene rings is 1. The highest BCUT2D eigenvalue weighted by molar-refractivity contribution is 7.88. The van der Waals surface area contributed by atoms with E-state index >= 15 is 0 Å². The van der Waals surface area contributed by atoms with Gasteiger partial charge >= 0.3 is 6.01 Å². The number of methoxy groups -OCH3 is 1. The minimum Gasteiger partial charge on any atom is -0.467 e. The lowest BCUT2D eigenvalue weighted by molar-refractivity contribution is 0.122. The minimum absolute atomic E-state index is 0.298. The Bertz CT molecular complexity index is 1250. The number of hydrogen-bond acceptors (Lipinski definition) is 11. The SMILES string of the molecule is COc1ncc(-c2nc(N3CCOCC3)c3sc(CN4CCN(S(C)(=O)=O)CC4)cc3n2)cn1. The summed E-state index contributed by atoms with van der Waals surface area (Å²) in [5.41, 5.74) is 1.61. The quantitative estimate of drug-likeness (QED) is 0.482. The van der Waals surface area contributed by atoms with Crippen LogP contribution in [0.3, 0.4) is 0 Å². The number of nitrogens with zero attached hydrogens (tertiary/aromatic N) is 7. The van der Waals surface area contributed by atoms with Crippen molar-refractivity contribution in [1.82, 2.24) is 29.1 Å². The van der Waals surface area contributed by atoms with Gasteiger partial charge in [-0.15, -0.1) is 11.3 Å². The predicted octanol–water partition coefficient (Wildman–Crippen LogP) is 1.07. The number of rotatable bonds is 6. The molecule has 3 aromatic heterocycles. The summed E-state index contributed by atoms with van der Waals surface area (Å²) in [5, 5.41) is 0. The van der Waals surface area contributed by atoms with Crippen molar-refractivity contribution in [2.24, 2.45) is 0 Å². The molecule has 5 rings (SSSR count). The molecule has 0 spiro atoms. The molecule has 0 amide bonds. The van der Waals surface area contributed by atoms with E-state index in [4.69, 9.17) is 19.4 Å². The fourth-order valence-corrected chi connectivity index (χ4v) is 6.12. The van der Waals surface area contributed by atoms with Gasteiger partial charge < -0.3 is 14.4 Å². The van der Waals surface area contributed by atoms with Crippen LogP contribution in [-0.2, 0) is 21.3 Å². The fourth-order valence-electron chi connectivity index (χ4n) is 4.14. The van der Waals surface area contributed by atoms with Gasteiger partial charge in [0.1, 0.15) is 0 Å². The van der Waals surface area contributed by atoms with Crippen molar-refractivity contribution in [2.75, 3.05) is 70.7 Å². The molecule has 2 aliphatic rings. The van der Waals surface area contributed by atoms with Gasteiger partial charge in [-0.05, 0) is 6.07 Å². The molecule has 0 N–H and O–H groups in total. The Morgan fingerprint density at radius 2 is 1.76 bits per heavy atom. The molecule has 0 atom stereocenters. The molecule has 0 unspecified atom stereocenters. The van der Waals surface area contributed by atoms with Crippen LogP contribution in [0.15, 0.2) is 18.5 Å². The van der Waals surface area contributed by atoms with Crippen molar-refractivity contribution >= 4 is 37.4 Å². The van der Waals surface area contributed by atoms with Crippen LogP contribution in [0.5, 0.6) is 6.01 Å². The van der Waals surface area contributed by atoms with Crippen molar-refractivity contribution in [2.45, 2.75) is 6.54 Å². The number of morpholine rings is 1. The molecule has 11 nitrogen and oxygen atoms in total. The van der Waals surface area contributed by atoms with Crippen LogP contribution < -0.4 is 9.64 Å². The van der Waals surface area contributed by atoms with E-state index in [1.54, 1.807) is 28.0 Å². The van der Waals surface area contributed by atoms with Crippen molar-refractivity contribution in [3.8, 4) is 17.4 Å². The summed E-state index contributed by atoms with van der Waals surface area (Å²) in [6.45, 7) is 6.06. The molecular weight excluding hydrogens is 478 g/mol. The van der Waals surface area contributed by atoms with E-state index in [0.717, 1.165) is 41.2 Å². The summed E-state index contributed by atoms with van der Waals surface area (Å²) >= 11 is 1.70. The van der Waals surface area contributed by atoms with Gasteiger partial charge in [0.25, 0.3) is 0 Å². The first kappa shape index (κ1) is 23.3. The number of anilines is 1. The smallest absolute Gasteiger partial charge is 0.316 e. The molecule has 182 valence electrons. The maximum Gasteiger partial charge on any atom is 0.316 e. The maximum absolute atomic E-state index is 11.8. The fraction of sp³-hybridized carbons (Fsp3) is 0.524. The Kier molecular flexibility index (Phi) is 6.62. The van der Waals surface area contributed by atoms with Gasteiger partial charge in [0.15, 0.2) is 11.6 Å². The molecule has 2 fully saturated rings. The second kappa shape index (κ2) is 9.66. The van der Waals surface area contributed by atoms with E-state index in [2.05, 4.69) is 25.8 Å². The number of aromatic nitrogens is 4. The molecule has 0 saturated carbocycles. The summed E-state index contributed by atoms with van der Waals surface area (Å²) < 4.78 is 36.8. The molecule has 34 heavy (non-hydrogen) atoms. The van der Waals surface area contributed by atoms with Crippen LogP contribution in [0.4, 0.5) is 5.82 Å². The first-order valence-electron chi connectivity index (χ1n) is 11.1. The lowest BCUT2D eigenvalue weighted by atomic mass is 10.3. The topological polar surface area (TPSA) is 114 Å². The van der Waals surface area contributed by atoms with Crippen molar-refractivity contribution in [3.05, 3.63) is 23.3 Å². The molecule has 3 aromatic rings. The molecule has 2 saturated heterocycles. The lowest BCUT2D eigenvalue weighted by Crippen LogP contribution is -2.47. The Labute approximate surface area is 202 Å². The van der Waals surface area contributed by atoms with Gasteiger partial charge in [0.05, 0.1) is 42.4 Å². The number of hydrogen-bond donors (Lipinski definition) is 0. The standard InChI is InChI=1S/C21H27N7O4S2/c1-31-21-22-12-15(13-23-21)19-24-17-11-16(14-26-3-5-28(6-4-26)34(2,29)30)33-18(17)20(25-19)27-7-9-32-10-8-27/h11-13H,3-10,14H2,1-2H3. The Hall–Kier alpha value is -2.45. The van der Waals surface area contributed by atoms with E-state index in [1.807, 2.05) is 0 Å². The van der Waals surface area contributed by atoms with Crippen molar-refractivity contribution in [1.29, 1.82) is 0 Å². The Morgan fingerprint density at radius 3 is 2.41 bits per heavy atom. The average Bonchev–Trinajstić information content (AvgIpc) is 3.26. The molecule has 0 bridgehead atoms. The first-order chi connectivity index (χ1) is 16.4. The number of fused-ring (bicyclic) bond motifs is 1. The summed E-state index contributed by atoms with van der Waals surface area (Å²) in [4.78, 5) is 23.8. The Balaban J connectivity index is 1.44. The third kappa shape index (κ3) is 4.98. The zero-order chi connectivity index (χ0) is 23.7. The molecule has 13 heteroatoms. The van der Waals surface area contributed by atoms with E-state index in [9.17, 15) is 8.42 Å². The van der Waals surface area contributed by atoms with Crippen LogP contribution in [0.2, 0.25) is 0 Å². The zero-order valence-electron chi connectivity index (χ0n) is 19.2. The highest BCUT2D eigenvalue weighted by Crippen LogP contribution is 2.35. The second-order valence-electron chi connectivity index (χ2n) is 8.29. The summed E-state index contributed by atoms with van der Waals surface area (Å²) in [5.74, 6) is 1.47. The molecular formula is C21H27N7O4S2. The largest absolute Gasteiger partial charge is 0.467 e.